The van der Waals surface area contributed by atoms with Gasteiger partial charge in [0.15, 0.2) is 5.78 Å². The smallest absolute Gasteiger partial charge is 0.247 e. The van der Waals surface area contributed by atoms with Crippen LogP contribution in [0.15, 0.2) is 59.2 Å². The Morgan fingerprint density at radius 1 is 1.08 bits per heavy atom. The summed E-state index contributed by atoms with van der Waals surface area (Å²) in [5.74, 6) is -0.0635. The van der Waals surface area contributed by atoms with E-state index in [1.165, 1.54) is 25.0 Å². The molecule has 7 nitrogen and oxygen atoms in total. The zero-order valence-electron chi connectivity index (χ0n) is 12.3. The number of Topliss-reactive ketones (excluding diaryl/α,β-unsaturated/α-hetero) is 1. The van der Waals surface area contributed by atoms with E-state index in [1.807, 2.05) is 24.3 Å². The molecule has 0 atom stereocenters. The van der Waals surface area contributed by atoms with E-state index >= 15 is 0 Å². The standard InChI is InChI=1S/C17H10N4O3/c22-14-6-12(16(23)13-7-18-8-19-15(13)14)5-10-1-3-11(4-2-10)17-21-20-9-24-17/h1-4,6-9H,5H2. The predicted molar refractivity (Wildman–Crippen MR) is 82.2 cm³/mol. The Hall–Kier alpha value is -3.48. The molecular formula is C17H10N4O3. The van der Waals surface area contributed by atoms with Crippen molar-refractivity contribution in [1.82, 2.24) is 20.2 Å². The first kappa shape index (κ1) is 14.1. The fraction of sp³-hybridized carbons (Fsp3) is 0.0588. The largest absolute Gasteiger partial charge is 0.423 e. The quantitative estimate of drug-likeness (QED) is 0.729. The van der Waals surface area contributed by atoms with Gasteiger partial charge in [0.05, 0.1) is 5.56 Å². The summed E-state index contributed by atoms with van der Waals surface area (Å²) < 4.78 is 5.13. The molecule has 0 unspecified atom stereocenters. The van der Waals surface area contributed by atoms with E-state index in [0.29, 0.717) is 17.9 Å². The molecule has 0 aliphatic heterocycles. The molecule has 0 N–H and O–H groups in total. The molecule has 0 saturated heterocycles. The monoisotopic (exact) mass is 318 g/mol. The van der Waals surface area contributed by atoms with Crippen LogP contribution in [0.25, 0.3) is 11.5 Å². The molecule has 24 heavy (non-hydrogen) atoms. The van der Waals surface area contributed by atoms with Crippen LogP contribution in [-0.4, -0.2) is 31.7 Å². The normalized spacial score (nSPS) is 13.6. The number of carbonyl (C=O) groups excluding carboxylic acids is 2. The molecule has 7 heteroatoms. The first-order valence-corrected chi connectivity index (χ1v) is 7.17. The minimum Gasteiger partial charge on any atom is -0.423 e. The average molecular weight is 318 g/mol. The number of fused-ring (bicyclic) bond motifs is 1. The fourth-order valence-corrected chi connectivity index (χ4v) is 2.57. The minimum absolute atomic E-state index is 0.158. The van der Waals surface area contributed by atoms with Gasteiger partial charge in [-0.05, 0) is 23.8 Å². The summed E-state index contributed by atoms with van der Waals surface area (Å²) >= 11 is 0. The molecule has 0 fully saturated rings. The number of benzene rings is 1. The Morgan fingerprint density at radius 3 is 2.67 bits per heavy atom. The number of rotatable bonds is 3. The molecule has 4 rings (SSSR count). The topological polar surface area (TPSA) is 98.8 Å². The van der Waals surface area contributed by atoms with Gasteiger partial charge in [-0.1, -0.05) is 12.1 Å². The Bertz CT molecular complexity index is 960. The molecule has 116 valence electrons. The van der Waals surface area contributed by atoms with Gasteiger partial charge in [-0.25, -0.2) is 9.97 Å². The van der Waals surface area contributed by atoms with Gasteiger partial charge < -0.3 is 4.42 Å². The summed E-state index contributed by atoms with van der Waals surface area (Å²) in [6.45, 7) is 0. The fourth-order valence-electron chi connectivity index (χ4n) is 2.57. The lowest BCUT2D eigenvalue weighted by atomic mass is 9.90. The highest BCUT2D eigenvalue weighted by Crippen LogP contribution is 2.23. The second kappa shape index (κ2) is 5.62. The van der Waals surface area contributed by atoms with Crippen LogP contribution in [0.2, 0.25) is 0 Å². The Kier molecular flexibility index (Phi) is 3.31. The lowest BCUT2D eigenvalue weighted by Crippen LogP contribution is -2.20. The van der Waals surface area contributed by atoms with Crippen LogP contribution in [0.3, 0.4) is 0 Å². The summed E-state index contributed by atoms with van der Waals surface area (Å²) in [5, 5.41) is 7.47. The van der Waals surface area contributed by atoms with Gasteiger partial charge in [0.1, 0.15) is 12.0 Å². The molecule has 1 aromatic carbocycles. The number of carbonyl (C=O) groups is 2. The van der Waals surface area contributed by atoms with Crippen LogP contribution in [-0.2, 0) is 6.42 Å². The van der Waals surface area contributed by atoms with Crippen molar-refractivity contribution in [3.63, 3.8) is 0 Å². The summed E-state index contributed by atoms with van der Waals surface area (Å²) in [4.78, 5) is 32.3. The first-order chi connectivity index (χ1) is 11.7. The maximum absolute atomic E-state index is 12.5. The van der Waals surface area contributed by atoms with Crippen molar-refractivity contribution < 1.29 is 14.0 Å². The van der Waals surface area contributed by atoms with E-state index in [-0.39, 0.29) is 22.8 Å². The third kappa shape index (κ3) is 2.41. The maximum atomic E-state index is 12.5. The Labute approximate surface area is 136 Å². The molecular weight excluding hydrogens is 308 g/mol. The van der Waals surface area contributed by atoms with E-state index in [2.05, 4.69) is 20.2 Å². The minimum atomic E-state index is -0.274. The lowest BCUT2D eigenvalue weighted by Gasteiger charge is -2.13. The third-order valence-electron chi connectivity index (χ3n) is 3.74. The summed E-state index contributed by atoms with van der Waals surface area (Å²) in [6.07, 6.45) is 5.61. The molecule has 1 aliphatic rings. The van der Waals surface area contributed by atoms with E-state index in [0.717, 1.165) is 11.1 Å². The van der Waals surface area contributed by atoms with Crippen LogP contribution in [0.4, 0.5) is 0 Å². The van der Waals surface area contributed by atoms with E-state index in [4.69, 9.17) is 4.42 Å². The van der Waals surface area contributed by atoms with Gasteiger partial charge in [0.2, 0.25) is 18.1 Å². The number of allylic oxidation sites excluding steroid dienone is 2. The average Bonchev–Trinajstić information content (AvgIpc) is 3.15. The van der Waals surface area contributed by atoms with Crippen molar-refractivity contribution in [1.29, 1.82) is 0 Å². The van der Waals surface area contributed by atoms with Gasteiger partial charge >= 0.3 is 0 Å². The molecule has 0 spiro atoms. The highest BCUT2D eigenvalue weighted by molar-refractivity contribution is 6.23. The van der Waals surface area contributed by atoms with Crippen molar-refractivity contribution in [3.8, 4) is 11.5 Å². The highest BCUT2D eigenvalue weighted by atomic mass is 16.4. The molecule has 2 heterocycles. The Balaban J connectivity index is 1.60. The van der Waals surface area contributed by atoms with Crippen molar-refractivity contribution in [2.24, 2.45) is 0 Å². The maximum Gasteiger partial charge on any atom is 0.247 e. The van der Waals surface area contributed by atoms with Crippen LogP contribution in [0, 0.1) is 0 Å². The summed E-state index contributed by atoms with van der Waals surface area (Å²) in [6, 6.07) is 7.37. The van der Waals surface area contributed by atoms with Gasteiger partial charge in [-0.3, -0.25) is 9.59 Å². The predicted octanol–water partition coefficient (Wildman–Crippen LogP) is 2.07. The van der Waals surface area contributed by atoms with Crippen LogP contribution < -0.4 is 0 Å². The summed E-state index contributed by atoms with van der Waals surface area (Å²) in [5.41, 5.74) is 2.52. The third-order valence-corrected chi connectivity index (χ3v) is 3.74. The van der Waals surface area contributed by atoms with Crippen molar-refractivity contribution in [2.75, 3.05) is 0 Å². The molecule has 0 saturated carbocycles. The van der Waals surface area contributed by atoms with E-state index in [9.17, 15) is 9.59 Å². The zero-order valence-corrected chi connectivity index (χ0v) is 12.3. The number of nitrogens with zero attached hydrogens (tertiary/aromatic N) is 4. The van der Waals surface area contributed by atoms with E-state index < -0.39 is 0 Å². The van der Waals surface area contributed by atoms with Gasteiger partial charge in [0, 0.05) is 23.8 Å². The number of aromatic nitrogens is 4. The SMILES string of the molecule is O=C1C(Cc2ccc(-c3nnco3)cc2)=CC(=O)c2ncncc21. The van der Waals surface area contributed by atoms with Crippen LogP contribution in [0.5, 0.6) is 0 Å². The van der Waals surface area contributed by atoms with Crippen LogP contribution in [0.1, 0.15) is 26.4 Å². The molecule has 0 bridgehead atoms. The second-order valence-electron chi connectivity index (χ2n) is 5.27. The zero-order chi connectivity index (χ0) is 16.5. The van der Waals surface area contributed by atoms with Crippen molar-refractivity contribution >= 4 is 11.6 Å². The first-order valence-electron chi connectivity index (χ1n) is 7.17. The summed E-state index contributed by atoms with van der Waals surface area (Å²) in [7, 11) is 0. The van der Waals surface area contributed by atoms with Gasteiger partial charge in [-0.15, -0.1) is 10.2 Å². The van der Waals surface area contributed by atoms with Gasteiger partial charge in [-0.2, -0.15) is 0 Å². The Morgan fingerprint density at radius 2 is 1.92 bits per heavy atom. The molecule has 3 aromatic rings. The van der Waals surface area contributed by atoms with E-state index in [1.54, 1.807) is 0 Å². The number of ketones is 2. The lowest BCUT2D eigenvalue weighted by molar-refractivity contribution is 0.0978. The van der Waals surface area contributed by atoms with Gasteiger partial charge in [0.25, 0.3) is 0 Å². The van der Waals surface area contributed by atoms with Crippen molar-refractivity contribution in [2.45, 2.75) is 6.42 Å². The molecule has 1 aliphatic carbocycles. The molecule has 2 aromatic heterocycles. The molecule has 0 amide bonds. The number of hydrogen-bond acceptors (Lipinski definition) is 7. The molecule has 0 radical (unpaired) electrons. The number of hydrogen-bond donors (Lipinski definition) is 0. The van der Waals surface area contributed by atoms with Crippen LogP contribution >= 0.6 is 0 Å². The highest BCUT2D eigenvalue weighted by Gasteiger charge is 2.26. The second-order valence-corrected chi connectivity index (χ2v) is 5.27. The van der Waals surface area contributed by atoms with Crippen molar-refractivity contribution in [3.05, 3.63) is 71.7 Å².